The molecular weight excluding hydrogens is 386 g/mol. The fourth-order valence-corrected chi connectivity index (χ4v) is 2.26. The zero-order valence-corrected chi connectivity index (χ0v) is 16.8. The second-order valence-electron chi connectivity index (χ2n) is 5.46. The van der Waals surface area contributed by atoms with Crippen LogP contribution in [0.3, 0.4) is 0 Å². The predicted octanol–water partition coefficient (Wildman–Crippen LogP) is 2.66. The highest BCUT2D eigenvalue weighted by Crippen LogP contribution is 2.18. The van der Waals surface area contributed by atoms with Crippen molar-refractivity contribution < 1.29 is 23.7 Å². The van der Waals surface area contributed by atoms with Gasteiger partial charge in [-0.2, -0.15) is 15.0 Å². The second-order valence-corrected chi connectivity index (χ2v) is 5.80. The fourth-order valence-electron chi connectivity index (χ4n) is 2.11. The molecule has 0 bridgehead atoms. The molecule has 28 heavy (non-hydrogen) atoms. The van der Waals surface area contributed by atoms with Crippen LogP contribution in [0.25, 0.3) is 11.4 Å². The van der Waals surface area contributed by atoms with Crippen molar-refractivity contribution in [2.24, 2.45) is 0 Å². The molecule has 0 fully saturated rings. The van der Waals surface area contributed by atoms with Gasteiger partial charge in [-0.1, -0.05) is 30.3 Å². The average Bonchev–Trinajstić information content (AvgIpc) is 2.72. The third-order valence-electron chi connectivity index (χ3n) is 3.40. The Morgan fingerprint density at radius 3 is 1.89 bits per heavy atom. The van der Waals surface area contributed by atoms with Crippen LogP contribution in [0.2, 0.25) is 5.28 Å². The Kier molecular flexibility index (Phi) is 11.4. The second kappa shape index (κ2) is 14.2. The van der Waals surface area contributed by atoms with E-state index >= 15 is 0 Å². The van der Waals surface area contributed by atoms with Crippen LogP contribution < -0.4 is 4.74 Å². The lowest BCUT2D eigenvalue weighted by molar-refractivity contribution is -0.00370. The van der Waals surface area contributed by atoms with Gasteiger partial charge in [-0.25, -0.2) is 0 Å². The van der Waals surface area contributed by atoms with E-state index in [1.165, 1.54) is 0 Å². The number of halogens is 1. The molecule has 1 aromatic heterocycles. The van der Waals surface area contributed by atoms with E-state index in [9.17, 15) is 0 Å². The Bertz CT molecular complexity index is 663. The van der Waals surface area contributed by atoms with E-state index < -0.39 is 0 Å². The van der Waals surface area contributed by atoms with Crippen LogP contribution in [0.1, 0.15) is 6.92 Å². The minimum Gasteiger partial charge on any atom is -0.461 e. The Balaban J connectivity index is 1.54. The van der Waals surface area contributed by atoms with E-state index in [1.807, 2.05) is 37.3 Å². The first-order valence-electron chi connectivity index (χ1n) is 9.20. The molecule has 1 aromatic carbocycles. The Morgan fingerprint density at radius 1 is 0.714 bits per heavy atom. The standard InChI is InChI=1S/C19H26ClN3O5/c1-2-24-8-9-25-10-11-26-12-13-27-14-15-28-19-22-17(21-18(20)23-19)16-6-4-3-5-7-16/h3-7H,2,8-15H2,1H3. The molecule has 0 radical (unpaired) electrons. The number of benzene rings is 1. The van der Waals surface area contributed by atoms with E-state index in [2.05, 4.69) is 15.0 Å². The fraction of sp³-hybridized carbons (Fsp3) is 0.526. The lowest BCUT2D eigenvalue weighted by Crippen LogP contribution is -2.14. The zero-order valence-electron chi connectivity index (χ0n) is 16.0. The lowest BCUT2D eigenvalue weighted by Gasteiger charge is -2.08. The summed E-state index contributed by atoms with van der Waals surface area (Å²) in [5.74, 6) is 0.466. The Labute approximate surface area is 170 Å². The first-order chi connectivity index (χ1) is 13.8. The number of hydrogen-bond donors (Lipinski definition) is 0. The van der Waals surface area contributed by atoms with Gasteiger partial charge in [0.1, 0.15) is 6.61 Å². The maximum Gasteiger partial charge on any atom is 0.321 e. The molecule has 0 saturated heterocycles. The molecule has 0 amide bonds. The highest BCUT2D eigenvalue weighted by molar-refractivity contribution is 6.28. The number of hydrogen-bond acceptors (Lipinski definition) is 8. The quantitative estimate of drug-likeness (QED) is 0.413. The minimum atomic E-state index is 0.0849. The highest BCUT2D eigenvalue weighted by atomic mass is 35.5. The third-order valence-corrected chi connectivity index (χ3v) is 3.57. The van der Waals surface area contributed by atoms with Crippen LogP contribution in [0, 0.1) is 0 Å². The Hall–Kier alpha value is -1.84. The minimum absolute atomic E-state index is 0.0849. The van der Waals surface area contributed by atoms with Gasteiger partial charge < -0.3 is 23.7 Å². The van der Waals surface area contributed by atoms with E-state index in [1.54, 1.807) is 0 Å². The molecule has 0 spiro atoms. The summed E-state index contributed by atoms with van der Waals surface area (Å²) < 4.78 is 26.9. The van der Waals surface area contributed by atoms with Crippen molar-refractivity contribution in [2.45, 2.75) is 6.92 Å². The van der Waals surface area contributed by atoms with Gasteiger partial charge in [0.15, 0.2) is 5.82 Å². The van der Waals surface area contributed by atoms with Crippen molar-refractivity contribution in [1.82, 2.24) is 15.0 Å². The largest absolute Gasteiger partial charge is 0.461 e. The summed E-state index contributed by atoms with van der Waals surface area (Å²) in [6, 6.07) is 9.67. The summed E-state index contributed by atoms with van der Waals surface area (Å²) in [4.78, 5) is 12.4. The number of rotatable bonds is 15. The van der Waals surface area contributed by atoms with Crippen LogP contribution in [-0.2, 0) is 18.9 Å². The van der Waals surface area contributed by atoms with Gasteiger partial charge in [-0.05, 0) is 18.5 Å². The van der Waals surface area contributed by atoms with E-state index in [0.717, 1.165) is 5.56 Å². The molecule has 0 atom stereocenters. The van der Waals surface area contributed by atoms with Gasteiger partial charge in [0.2, 0.25) is 5.28 Å². The van der Waals surface area contributed by atoms with Crippen molar-refractivity contribution >= 4 is 11.6 Å². The summed E-state index contributed by atoms with van der Waals surface area (Å²) in [5.41, 5.74) is 0.840. The normalized spacial score (nSPS) is 10.9. The number of nitrogens with zero attached hydrogens (tertiary/aromatic N) is 3. The smallest absolute Gasteiger partial charge is 0.321 e. The van der Waals surface area contributed by atoms with Gasteiger partial charge in [-0.3, -0.25) is 0 Å². The van der Waals surface area contributed by atoms with Gasteiger partial charge in [0.25, 0.3) is 0 Å². The number of aromatic nitrogens is 3. The van der Waals surface area contributed by atoms with Crippen molar-refractivity contribution in [3.8, 4) is 17.4 Å². The molecule has 0 N–H and O–H groups in total. The maximum atomic E-state index is 5.95. The summed E-state index contributed by atoms with van der Waals surface area (Å²) in [6.07, 6.45) is 0. The molecular formula is C19H26ClN3O5. The van der Waals surface area contributed by atoms with Crippen molar-refractivity contribution in [3.05, 3.63) is 35.6 Å². The van der Waals surface area contributed by atoms with Crippen molar-refractivity contribution in [2.75, 3.05) is 59.5 Å². The van der Waals surface area contributed by atoms with Crippen LogP contribution in [-0.4, -0.2) is 74.4 Å². The molecule has 154 valence electrons. The average molecular weight is 412 g/mol. The van der Waals surface area contributed by atoms with Gasteiger partial charge >= 0.3 is 6.01 Å². The topological polar surface area (TPSA) is 84.8 Å². The van der Waals surface area contributed by atoms with Crippen LogP contribution in [0.5, 0.6) is 6.01 Å². The summed E-state index contributed by atoms with van der Waals surface area (Å²) in [6.45, 7) is 6.56. The van der Waals surface area contributed by atoms with E-state index in [4.69, 9.17) is 35.3 Å². The highest BCUT2D eigenvalue weighted by Gasteiger charge is 2.08. The summed E-state index contributed by atoms with van der Waals surface area (Å²) in [5, 5.41) is 0.0849. The molecule has 0 saturated carbocycles. The molecule has 9 heteroatoms. The molecule has 2 rings (SSSR count). The van der Waals surface area contributed by atoms with Crippen LogP contribution >= 0.6 is 11.6 Å². The van der Waals surface area contributed by atoms with Crippen molar-refractivity contribution in [3.63, 3.8) is 0 Å². The third kappa shape index (κ3) is 9.38. The first-order valence-corrected chi connectivity index (χ1v) is 9.58. The summed E-state index contributed by atoms with van der Waals surface area (Å²) in [7, 11) is 0. The molecule has 0 aliphatic carbocycles. The van der Waals surface area contributed by atoms with Crippen LogP contribution in [0.15, 0.2) is 30.3 Å². The van der Waals surface area contributed by atoms with Crippen LogP contribution in [0.4, 0.5) is 0 Å². The SMILES string of the molecule is CCOCCOCCOCCOCCOc1nc(Cl)nc(-c2ccccc2)n1. The monoisotopic (exact) mass is 411 g/mol. The maximum absolute atomic E-state index is 5.95. The molecule has 0 aliphatic heterocycles. The number of ether oxygens (including phenoxy) is 5. The molecule has 0 aliphatic rings. The summed E-state index contributed by atoms with van der Waals surface area (Å²) >= 11 is 5.95. The first kappa shape index (κ1) is 22.4. The molecule has 0 unspecified atom stereocenters. The van der Waals surface area contributed by atoms with Gasteiger partial charge in [0.05, 0.1) is 46.2 Å². The lowest BCUT2D eigenvalue weighted by atomic mass is 10.2. The van der Waals surface area contributed by atoms with Gasteiger partial charge in [-0.15, -0.1) is 0 Å². The molecule has 8 nitrogen and oxygen atoms in total. The van der Waals surface area contributed by atoms with Gasteiger partial charge in [0, 0.05) is 12.2 Å². The predicted molar refractivity (Wildman–Crippen MR) is 105 cm³/mol. The zero-order chi connectivity index (χ0) is 19.9. The van der Waals surface area contributed by atoms with E-state index in [-0.39, 0.29) is 11.3 Å². The van der Waals surface area contributed by atoms with E-state index in [0.29, 0.717) is 65.3 Å². The Morgan fingerprint density at radius 2 is 1.29 bits per heavy atom. The van der Waals surface area contributed by atoms with Crippen molar-refractivity contribution in [1.29, 1.82) is 0 Å². The molecule has 2 aromatic rings. The molecule has 1 heterocycles.